The molecule has 1 saturated heterocycles. The fourth-order valence-electron chi connectivity index (χ4n) is 2.56. The molecule has 8 nitrogen and oxygen atoms in total. The van der Waals surface area contributed by atoms with Gasteiger partial charge in [-0.2, -0.15) is 4.31 Å². The number of hydrogen-bond donors (Lipinski definition) is 1. The highest BCUT2D eigenvalue weighted by Gasteiger charge is 2.33. The lowest BCUT2D eigenvalue weighted by molar-refractivity contribution is 0.0583. The van der Waals surface area contributed by atoms with Gasteiger partial charge in [0.05, 0.1) is 30.2 Å². The van der Waals surface area contributed by atoms with E-state index in [9.17, 15) is 18.0 Å². The van der Waals surface area contributed by atoms with Crippen LogP contribution in [0, 0.1) is 0 Å². The fraction of sp³-hybridized carbons (Fsp3) is 0.467. The summed E-state index contributed by atoms with van der Waals surface area (Å²) in [5.74, 6) is -1.48. The third-order valence-electron chi connectivity index (χ3n) is 4.01. The Morgan fingerprint density at radius 3 is 2.36 bits per heavy atom. The first-order valence-corrected chi connectivity index (χ1v) is 8.76. The summed E-state index contributed by atoms with van der Waals surface area (Å²) in [5.41, 5.74) is -0.0790. The standard InChI is InChI=1S/C15H20N2O6S.ClH/c1-17(11-6-7-16-9-11)24(20,21)13-8-10(14(18)22-2)4-5-12(13)15(19)23-3;/h4-5,8,11,16H,6-7,9H2,1-3H3;1H. The highest BCUT2D eigenvalue weighted by Crippen LogP contribution is 2.25. The normalized spacial score (nSPS) is 17.0. The van der Waals surface area contributed by atoms with Gasteiger partial charge in [0.1, 0.15) is 0 Å². The van der Waals surface area contributed by atoms with E-state index in [2.05, 4.69) is 14.8 Å². The molecule has 0 radical (unpaired) electrons. The Hall–Kier alpha value is -1.68. The molecule has 25 heavy (non-hydrogen) atoms. The molecule has 1 heterocycles. The van der Waals surface area contributed by atoms with Crippen LogP contribution >= 0.6 is 12.4 Å². The van der Waals surface area contributed by atoms with Crippen LogP contribution in [0.4, 0.5) is 0 Å². The molecule has 1 aliphatic rings. The van der Waals surface area contributed by atoms with Crippen molar-refractivity contribution < 1.29 is 27.5 Å². The van der Waals surface area contributed by atoms with Gasteiger partial charge in [0.25, 0.3) is 0 Å². The van der Waals surface area contributed by atoms with Crippen LogP contribution in [0.3, 0.4) is 0 Å². The van der Waals surface area contributed by atoms with Gasteiger partial charge in [-0.1, -0.05) is 0 Å². The summed E-state index contributed by atoms with van der Waals surface area (Å²) in [6.45, 7) is 1.25. The van der Waals surface area contributed by atoms with Crippen LogP contribution in [0.15, 0.2) is 23.1 Å². The Morgan fingerprint density at radius 1 is 1.20 bits per heavy atom. The predicted octanol–water partition coefficient (Wildman–Crippen LogP) is 0.664. The van der Waals surface area contributed by atoms with Gasteiger partial charge in [0.2, 0.25) is 10.0 Å². The molecule has 0 aliphatic carbocycles. The summed E-state index contributed by atoms with van der Waals surface area (Å²) >= 11 is 0. The van der Waals surface area contributed by atoms with Crippen molar-refractivity contribution in [3.63, 3.8) is 0 Å². The second-order valence-corrected chi connectivity index (χ2v) is 7.33. The van der Waals surface area contributed by atoms with E-state index in [1.54, 1.807) is 0 Å². The Labute approximate surface area is 152 Å². The van der Waals surface area contributed by atoms with Gasteiger partial charge in [-0.3, -0.25) is 0 Å². The van der Waals surface area contributed by atoms with Crippen molar-refractivity contribution >= 4 is 34.4 Å². The molecule has 1 aliphatic heterocycles. The van der Waals surface area contributed by atoms with Crippen LogP contribution in [-0.4, -0.2) is 65.1 Å². The molecule has 1 fully saturated rings. The van der Waals surface area contributed by atoms with E-state index in [0.29, 0.717) is 13.0 Å². The number of hydrogen-bond acceptors (Lipinski definition) is 7. The summed E-state index contributed by atoms with van der Waals surface area (Å²) in [5, 5.41) is 3.09. The van der Waals surface area contributed by atoms with E-state index in [0.717, 1.165) is 19.7 Å². The Balaban J connectivity index is 0.00000312. The van der Waals surface area contributed by atoms with Crippen molar-refractivity contribution in [2.45, 2.75) is 17.4 Å². The molecule has 0 amide bonds. The molecule has 0 spiro atoms. The number of carbonyl (C=O) groups excluding carboxylic acids is 2. The van der Waals surface area contributed by atoms with Crippen molar-refractivity contribution in [1.82, 2.24) is 9.62 Å². The summed E-state index contributed by atoms with van der Waals surface area (Å²) in [4.78, 5) is 23.4. The first-order valence-electron chi connectivity index (χ1n) is 7.32. The quantitative estimate of drug-likeness (QED) is 0.734. The van der Waals surface area contributed by atoms with E-state index < -0.39 is 22.0 Å². The molecule has 1 N–H and O–H groups in total. The molecule has 2 rings (SSSR count). The van der Waals surface area contributed by atoms with Gasteiger partial charge in [0, 0.05) is 19.6 Å². The number of nitrogens with one attached hydrogen (secondary N) is 1. The van der Waals surface area contributed by atoms with Gasteiger partial charge < -0.3 is 14.8 Å². The summed E-state index contributed by atoms with van der Waals surface area (Å²) in [6.07, 6.45) is 0.667. The van der Waals surface area contributed by atoms with Crippen LogP contribution in [0.5, 0.6) is 0 Å². The van der Waals surface area contributed by atoms with E-state index in [-0.39, 0.29) is 34.5 Å². The highest BCUT2D eigenvalue weighted by molar-refractivity contribution is 7.89. The second kappa shape index (κ2) is 8.61. The Kier molecular flexibility index (Phi) is 7.36. The molecule has 1 aromatic rings. The topological polar surface area (TPSA) is 102 Å². The fourth-order valence-corrected chi connectivity index (χ4v) is 4.15. The minimum Gasteiger partial charge on any atom is -0.465 e. The third-order valence-corrected chi connectivity index (χ3v) is 5.96. The first kappa shape index (κ1) is 21.4. The minimum absolute atomic E-state index is 0. The lowest BCUT2D eigenvalue weighted by Gasteiger charge is -2.24. The number of esters is 2. The van der Waals surface area contributed by atoms with Gasteiger partial charge in [-0.25, -0.2) is 18.0 Å². The number of methoxy groups -OCH3 is 2. The van der Waals surface area contributed by atoms with Crippen molar-refractivity contribution in [2.75, 3.05) is 34.4 Å². The molecule has 0 saturated carbocycles. The van der Waals surface area contributed by atoms with Crippen molar-refractivity contribution in [3.8, 4) is 0 Å². The second-order valence-electron chi connectivity index (χ2n) is 5.36. The van der Waals surface area contributed by atoms with Crippen LogP contribution < -0.4 is 5.32 Å². The monoisotopic (exact) mass is 392 g/mol. The number of sulfonamides is 1. The number of carbonyl (C=O) groups is 2. The number of nitrogens with zero attached hydrogens (tertiary/aromatic N) is 1. The Morgan fingerprint density at radius 2 is 1.84 bits per heavy atom. The number of halogens is 1. The van der Waals surface area contributed by atoms with E-state index in [1.165, 1.54) is 30.6 Å². The minimum atomic E-state index is -3.99. The first-order chi connectivity index (χ1) is 11.3. The van der Waals surface area contributed by atoms with Crippen LogP contribution in [0.2, 0.25) is 0 Å². The largest absolute Gasteiger partial charge is 0.465 e. The molecular weight excluding hydrogens is 372 g/mol. The summed E-state index contributed by atoms with van der Waals surface area (Å²) in [6, 6.07) is 3.51. The molecular formula is C15H21ClN2O6S. The SMILES string of the molecule is COC(=O)c1ccc(C(=O)OC)c(S(=O)(=O)N(C)C2CCNC2)c1.Cl. The number of benzene rings is 1. The third kappa shape index (κ3) is 4.30. The zero-order valence-corrected chi connectivity index (χ0v) is 15.8. The maximum atomic E-state index is 13.0. The molecule has 0 aromatic heterocycles. The summed E-state index contributed by atoms with van der Waals surface area (Å²) in [7, 11) is -0.171. The molecule has 140 valence electrons. The van der Waals surface area contributed by atoms with Gasteiger partial charge in [-0.15, -0.1) is 12.4 Å². The molecule has 1 unspecified atom stereocenters. The van der Waals surface area contributed by atoms with Crippen molar-refractivity contribution in [1.29, 1.82) is 0 Å². The van der Waals surface area contributed by atoms with Gasteiger partial charge in [-0.05, 0) is 31.2 Å². The average molecular weight is 393 g/mol. The van der Waals surface area contributed by atoms with Crippen LogP contribution in [0.25, 0.3) is 0 Å². The lowest BCUT2D eigenvalue weighted by Crippen LogP contribution is -2.39. The van der Waals surface area contributed by atoms with Crippen LogP contribution in [-0.2, 0) is 19.5 Å². The number of likely N-dealkylation sites (N-methyl/N-ethyl adjacent to an activating group) is 1. The number of rotatable bonds is 5. The highest BCUT2D eigenvalue weighted by atomic mass is 35.5. The van der Waals surface area contributed by atoms with Gasteiger partial charge >= 0.3 is 11.9 Å². The maximum Gasteiger partial charge on any atom is 0.339 e. The maximum absolute atomic E-state index is 13.0. The smallest absolute Gasteiger partial charge is 0.339 e. The van der Waals surface area contributed by atoms with Crippen molar-refractivity contribution in [2.24, 2.45) is 0 Å². The molecule has 0 bridgehead atoms. The zero-order valence-electron chi connectivity index (χ0n) is 14.1. The molecule has 1 aromatic carbocycles. The van der Waals surface area contributed by atoms with E-state index in [1.807, 2.05) is 0 Å². The predicted molar refractivity (Wildman–Crippen MR) is 92.6 cm³/mol. The van der Waals surface area contributed by atoms with Gasteiger partial charge in [0.15, 0.2) is 0 Å². The van der Waals surface area contributed by atoms with Crippen molar-refractivity contribution in [3.05, 3.63) is 29.3 Å². The number of ether oxygens (including phenoxy) is 2. The Bertz CT molecular complexity index is 746. The van der Waals surface area contributed by atoms with Crippen LogP contribution in [0.1, 0.15) is 27.1 Å². The van der Waals surface area contributed by atoms with E-state index in [4.69, 9.17) is 0 Å². The van der Waals surface area contributed by atoms with E-state index >= 15 is 0 Å². The molecule has 10 heteroatoms. The summed E-state index contributed by atoms with van der Waals surface area (Å²) < 4.78 is 36.4. The average Bonchev–Trinajstić information content (AvgIpc) is 3.13. The molecule has 1 atom stereocenters. The lowest BCUT2D eigenvalue weighted by atomic mass is 10.1. The zero-order chi connectivity index (χ0) is 17.9.